The Balaban J connectivity index is 1.59. The van der Waals surface area contributed by atoms with Crippen molar-refractivity contribution in [3.8, 4) is 6.07 Å². The highest BCUT2D eigenvalue weighted by molar-refractivity contribution is 5.67. The second kappa shape index (κ2) is 4.42. The number of hydrogen-bond acceptors (Lipinski definition) is 6. The van der Waals surface area contributed by atoms with Crippen molar-refractivity contribution in [2.75, 3.05) is 0 Å². The summed E-state index contributed by atoms with van der Waals surface area (Å²) in [6.45, 7) is 1.32. The highest BCUT2D eigenvalue weighted by Crippen LogP contribution is 2.54. The molecule has 1 spiro atoms. The van der Waals surface area contributed by atoms with E-state index in [0.29, 0.717) is 6.42 Å². The van der Waals surface area contributed by atoms with Gasteiger partial charge in [0.15, 0.2) is 5.79 Å². The Bertz CT molecular complexity index is 509. The maximum Gasteiger partial charge on any atom is 0.304 e. The summed E-state index contributed by atoms with van der Waals surface area (Å²) in [5.74, 6) is -0.967. The van der Waals surface area contributed by atoms with Crippen LogP contribution in [0.15, 0.2) is 0 Å². The first kappa shape index (κ1) is 13.5. The Morgan fingerprint density at radius 1 is 1.24 bits per heavy atom. The number of carbonyl (C=O) groups is 1. The van der Waals surface area contributed by atoms with E-state index < -0.39 is 23.5 Å². The van der Waals surface area contributed by atoms with E-state index in [1.807, 2.05) is 0 Å². The zero-order valence-corrected chi connectivity index (χ0v) is 12.0. The quantitative estimate of drug-likeness (QED) is 0.681. The third-order valence-electron chi connectivity index (χ3n) is 5.11. The Kier molecular flexibility index (Phi) is 2.84. The van der Waals surface area contributed by atoms with E-state index in [2.05, 4.69) is 6.07 Å². The number of esters is 1. The van der Waals surface area contributed by atoms with Crippen molar-refractivity contribution in [1.29, 1.82) is 5.26 Å². The van der Waals surface area contributed by atoms with E-state index in [0.717, 1.165) is 25.7 Å². The van der Waals surface area contributed by atoms with Crippen LogP contribution in [0.2, 0.25) is 0 Å². The molecule has 0 unspecified atom stereocenters. The van der Waals surface area contributed by atoms with Gasteiger partial charge in [-0.1, -0.05) is 6.42 Å². The summed E-state index contributed by atoms with van der Waals surface area (Å²) in [6, 6.07) is 2.14. The summed E-state index contributed by atoms with van der Waals surface area (Å²) in [6.07, 6.45) is 4.37. The number of nitrogens with zero attached hydrogens (tertiary/aromatic N) is 1. The van der Waals surface area contributed by atoms with Crippen LogP contribution in [0.3, 0.4) is 0 Å². The minimum absolute atomic E-state index is 0.134. The topological polar surface area (TPSA) is 77.8 Å². The Morgan fingerprint density at radius 3 is 2.62 bits per heavy atom. The van der Waals surface area contributed by atoms with Gasteiger partial charge in [-0.15, -0.1) is 0 Å². The molecule has 1 aliphatic carbocycles. The van der Waals surface area contributed by atoms with E-state index in [9.17, 15) is 10.1 Å². The normalized spacial score (nSPS) is 46.3. The molecule has 5 atom stereocenters. The Morgan fingerprint density at radius 2 is 1.95 bits per heavy atom. The van der Waals surface area contributed by atoms with Crippen LogP contribution < -0.4 is 0 Å². The molecule has 1 saturated carbocycles. The maximum atomic E-state index is 11.3. The molecule has 0 aromatic rings. The van der Waals surface area contributed by atoms with Crippen molar-refractivity contribution in [1.82, 2.24) is 0 Å². The second-order valence-electron chi connectivity index (χ2n) is 6.53. The van der Waals surface area contributed by atoms with Gasteiger partial charge in [0, 0.05) is 26.2 Å². The number of fused-ring (bicyclic) bond motifs is 5. The zero-order chi connectivity index (χ0) is 14.7. The third-order valence-corrected chi connectivity index (χ3v) is 5.11. The molecule has 0 aromatic carbocycles. The van der Waals surface area contributed by atoms with Gasteiger partial charge in [0.1, 0.15) is 24.4 Å². The first-order chi connectivity index (χ1) is 10.1. The van der Waals surface area contributed by atoms with Crippen molar-refractivity contribution in [2.24, 2.45) is 0 Å². The van der Waals surface area contributed by atoms with Crippen LogP contribution in [0.1, 0.15) is 45.4 Å². The number of rotatable bonds is 1. The number of carbonyl (C=O) groups excluding carboxylic acids is 1. The lowest BCUT2D eigenvalue weighted by atomic mass is 9.82. The van der Waals surface area contributed by atoms with Crippen molar-refractivity contribution in [2.45, 2.75) is 81.3 Å². The highest BCUT2D eigenvalue weighted by Gasteiger charge is 2.70. The molecule has 0 N–H and O–H groups in total. The number of ether oxygens (including phenoxy) is 4. The smallest absolute Gasteiger partial charge is 0.304 e. The first-order valence-electron chi connectivity index (χ1n) is 7.69. The molecule has 21 heavy (non-hydrogen) atoms. The largest absolute Gasteiger partial charge is 0.441 e. The lowest BCUT2D eigenvalue weighted by Crippen LogP contribution is -2.52. The van der Waals surface area contributed by atoms with Gasteiger partial charge >= 0.3 is 5.97 Å². The molecule has 3 aliphatic heterocycles. The molecule has 4 fully saturated rings. The fraction of sp³-hybridized carbons (Fsp3) is 0.867. The van der Waals surface area contributed by atoms with Crippen LogP contribution >= 0.6 is 0 Å². The molecular weight excluding hydrogens is 274 g/mol. The average molecular weight is 293 g/mol. The van der Waals surface area contributed by atoms with Crippen LogP contribution in [-0.4, -0.2) is 41.8 Å². The average Bonchev–Trinajstić information content (AvgIpc) is 3.07. The molecule has 3 saturated heterocycles. The second-order valence-corrected chi connectivity index (χ2v) is 6.53. The Labute approximate surface area is 123 Å². The molecule has 6 heteroatoms. The van der Waals surface area contributed by atoms with Crippen LogP contribution in [0.5, 0.6) is 0 Å². The summed E-state index contributed by atoms with van der Waals surface area (Å²) in [5.41, 5.74) is -1.22. The van der Waals surface area contributed by atoms with Crippen LogP contribution in [-0.2, 0) is 23.7 Å². The summed E-state index contributed by atoms with van der Waals surface area (Å²) in [5, 5.41) is 9.51. The van der Waals surface area contributed by atoms with Crippen molar-refractivity contribution in [3.05, 3.63) is 0 Å². The first-order valence-corrected chi connectivity index (χ1v) is 7.69. The summed E-state index contributed by atoms with van der Waals surface area (Å²) >= 11 is 0. The number of hydrogen-bond donors (Lipinski definition) is 0. The van der Waals surface area contributed by atoms with E-state index in [1.165, 1.54) is 13.3 Å². The minimum Gasteiger partial charge on any atom is -0.441 e. The van der Waals surface area contributed by atoms with Crippen molar-refractivity contribution >= 4 is 5.97 Å². The van der Waals surface area contributed by atoms with E-state index in [1.54, 1.807) is 0 Å². The van der Waals surface area contributed by atoms with Gasteiger partial charge in [0.25, 0.3) is 0 Å². The van der Waals surface area contributed by atoms with Crippen LogP contribution in [0.25, 0.3) is 0 Å². The SMILES string of the molecule is CC(=O)O[C@@]1(C#N)C[C@H]2O[C@@H]1[C@@H]1OC3(CCCCC3)O[C@@H]12. The molecular formula is C15H19NO5. The van der Waals surface area contributed by atoms with Gasteiger partial charge in [0.2, 0.25) is 5.60 Å². The van der Waals surface area contributed by atoms with E-state index >= 15 is 0 Å². The summed E-state index contributed by atoms with van der Waals surface area (Å²) in [7, 11) is 0. The lowest BCUT2D eigenvalue weighted by molar-refractivity contribution is -0.220. The highest BCUT2D eigenvalue weighted by atomic mass is 16.8. The summed E-state index contributed by atoms with van der Waals surface area (Å²) < 4.78 is 23.5. The maximum absolute atomic E-state index is 11.3. The molecule has 0 aromatic heterocycles. The predicted molar refractivity (Wildman–Crippen MR) is 69.0 cm³/mol. The monoisotopic (exact) mass is 293 g/mol. The molecule has 4 aliphatic rings. The van der Waals surface area contributed by atoms with Gasteiger partial charge in [0.05, 0.1) is 6.10 Å². The predicted octanol–water partition coefficient (Wildman–Crippen LogP) is 1.43. The van der Waals surface area contributed by atoms with Crippen molar-refractivity contribution in [3.63, 3.8) is 0 Å². The zero-order valence-electron chi connectivity index (χ0n) is 12.0. The number of nitriles is 1. The third kappa shape index (κ3) is 1.84. The van der Waals surface area contributed by atoms with Crippen LogP contribution in [0.4, 0.5) is 0 Å². The molecule has 4 rings (SSSR count). The van der Waals surface area contributed by atoms with E-state index in [4.69, 9.17) is 18.9 Å². The van der Waals surface area contributed by atoms with Crippen LogP contribution in [0, 0.1) is 11.3 Å². The molecule has 6 nitrogen and oxygen atoms in total. The van der Waals surface area contributed by atoms with E-state index in [-0.39, 0.29) is 18.3 Å². The van der Waals surface area contributed by atoms with Gasteiger partial charge in [-0.05, 0) is 12.8 Å². The fourth-order valence-electron chi connectivity index (χ4n) is 4.29. The lowest BCUT2D eigenvalue weighted by Gasteiger charge is -2.34. The van der Waals surface area contributed by atoms with Gasteiger partial charge in [-0.2, -0.15) is 5.26 Å². The summed E-state index contributed by atoms with van der Waals surface area (Å²) in [4.78, 5) is 11.3. The molecule has 0 radical (unpaired) electrons. The standard InChI is InChI=1S/C15H19NO5/c1-9(17)19-14(8-16)7-10-11-12(13(14)18-10)21-15(20-11)5-3-2-4-6-15/h10-13H,2-7H2,1H3/t10-,11-,12-,13-,14-/m1/s1. The van der Waals surface area contributed by atoms with Gasteiger partial charge in [-0.3, -0.25) is 4.79 Å². The fourth-order valence-corrected chi connectivity index (χ4v) is 4.29. The van der Waals surface area contributed by atoms with Gasteiger partial charge in [-0.25, -0.2) is 0 Å². The van der Waals surface area contributed by atoms with Gasteiger partial charge < -0.3 is 18.9 Å². The molecule has 2 bridgehead atoms. The Hall–Kier alpha value is -1.16. The molecule has 114 valence electrons. The molecule has 0 amide bonds. The minimum atomic E-state index is -1.22. The van der Waals surface area contributed by atoms with Crippen molar-refractivity contribution < 1.29 is 23.7 Å². The molecule has 3 heterocycles.